The summed E-state index contributed by atoms with van der Waals surface area (Å²) in [5, 5.41) is 0. The van der Waals surface area contributed by atoms with E-state index in [1.54, 1.807) is 13.8 Å². The largest absolute Gasteiger partial charge is 0.476 e. The Balaban J connectivity index is 1.71. The average Bonchev–Trinajstić information content (AvgIpc) is 3.08. The molecular weight excluding hydrogens is 380 g/mol. The number of carbonyl (C=O) groups is 1. The minimum absolute atomic E-state index is 0.300. The van der Waals surface area contributed by atoms with Gasteiger partial charge in [0, 0.05) is 18.0 Å². The van der Waals surface area contributed by atoms with E-state index in [2.05, 4.69) is 4.98 Å². The molecule has 3 rings (SSSR count). The molecule has 2 N–H and O–H groups in total. The summed E-state index contributed by atoms with van der Waals surface area (Å²) in [4.78, 5) is 17.1. The van der Waals surface area contributed by atoms with Crippen LogP contribution in [0.2, 0.25) is 0 Å². The van der Waals surface area contributed by atoms with Crippen LogP contribution in [0.3, 0.4) is 0 Å². The molecule has 0 aliphatic heterocycles. The Morgan fingerprint density at radius 2 is 1.73 bits per heavy atom. The average molecular weight is 411 g/mol. The summed E-state index contributed by atoms with van der Waals surface area (Å²) < 4.78 is 17.3. The summed E-state index contributed by atoms with van der Waals surface area (Å²) in [6.07, 6.45) is 1.22. The molecule has 1 heterocycles. The first-order chi connectivity index (χ1) is 14.0. The van der Waals surface area contributed by atoms with Crippen LogP contribution in [0.15, 0.2) is 52.9 Å². The van der Waals surface area contributed by atoms with Gasteiger partial charge in [0.05, 0.1) is 0 Å². The van der Waals surface area contributed by atoms with Crippen LogP contribution in [-0.2, 0) is 16.0 Å². The highest BCUT2D eigenvalue weighted by atomic mass is 16.6. The molecule has 0 saturated carbocycles. The monoisotopic (exact) mass is 410 g/mol. The maximum atomic E-state index is 12.6. The van der Waals surface area contributed by atoms with Crippen molar-refractivity contribution in [2.45, 2.75) is 64.7 Å². The van der Waals surface area contributed by atoms with Crippen LogP contribution in [0, 0.1) is 0 Å². The number of carbonyl (C=O) groups excluding carboxylic acids is 1. The summed E-state index contributed by atoms with van der Waals surface area (Å²) in [5.74, 6) is 0.794. The number of rotatable bonds is 7. The van der Waals surface area contributed by atoms with Crippen molar-refractivity contribution in [1.82, 2.24) is 4.98 Å². The fraction of sp³-hybridized carbons (Fsp3) is 0.417. The Hall–Kier alpha value is -2.86. The van der Waals surface area contributed by atoms with Crippen molar-refractivity contribution in [3.8, 4) is 5.75 Å². The Labute approximate surface area is 177 Å². The van der Waals surface area contributed by atoms with Gasteiger partial charge in [-0.15, -0.1) is 0 Å². The predicted molar refractivity (Wildman–Crippen MR) is 116 cm³/mol. The first kappa shape index (κ1) is 21.8. The first-order valence-electron chi connectivity index (χ1n) is 10.2. The van der Waals surface area contributed by atoms with Crippen LogP contribution in [0.1, 0.15) is 58.5 Å². The van der Waals surface area contributed by atoms with E-state index in [1.807, 2.05) is 69.3 Å². The standard InChI is InChI=1S/C24H30N2O4/c1-23(2,3)30-22(27)24(4,5)29-19-12-8-6-10-16(19)17(25)14-15-21-26-18-11-7-9-13-20(18)28-21/h6-13,17H,14-15,25H2,1-5H3. The second-order valence-electron chi connectivity index (χ2n) is 8.87. The van der Waals surface area contributed by atoms with E-state index in [9.17, 15) is 4.79 Å². The number of nitrogens with two attached hydrogens (primary N) is 1. The highest BCUT2D eigenvalue weighted by Crippen LogP contribution is 2.30. The molecule has 0 fully saturated rings. The third-order valence-electron chi connectivity index (χ3n) is 4.58. The van der Waals surface area contributed by atoms with E-state index in [-0.39, 0.29) is 6.04 Å². The zero-order valence-electron chi connectivity index (χ0n) is 18.3. The van der Waals surface area contributed by atoms with Gasteiger partial charge < -0.3 is 19.6 Å². The van der Waals surface area contributed by atoms with Gasteiger partial charge in [-0.25, -0.2) is 9.78 Å². The van der Waals surface area contributed by atoms with Crippen molar-refractivity contribution in [1.29, 1.82) is 0 Å². The lowest BCUT2D eigenvalue weighted by molar-refractivity contribution is -0.171. The maximum Gasteiger partial charge on any atom is 0.350 e. The van der Waals surface area contributed by atoms with Crippen LogP contribution >= 0.6 is 0 Å². The topological polar surface area (TPSA) is 87.6 Å². The number of hydrogen-bond acceptors (Lipinski definition) is 6. The molecule has 160 valence electrons. The molecule has 0 bridgehead atoms. The molecule has 0 aliphatic carbocycles. The van der Waals surface area contributed by atoms with Crippen LogP contribution in [-0.4, -0.2) is 22.2 Å². The zero-order valence-corrected chi connectivity index (χ0v) is 18.3. The van der Waals surface area contributed by atoms with E-state index in [4.69, 9.17) is 19.6 Å². The van der Waals surface area contributed by atoms with Crippen LogP contribution in [0.25, 0.3) is 11.1 Å². The number of nitrogens with zero attached hydrogens (tertiary/aromatic N) is 1. The number of para-hydroxylation sites is 3. The number of esters is 1. The number of ether oxygens (including phenoxy) is 2. The predicted octanol–water partition coefficient (Wildman–Crippen LogP) is 4.96. The summed E-state index contributed by atoms with van der Waals surface area (Å²) in [7, 11) is 0. The van der Waals surface area contributed by atoms with E-state index in [0.717, 1.165) is 16.7 Å². The van der Waals surface area contributed by atoms with Gasteiger partial charge >= 0.3 is 5.97 Å². The normalized spacial score (nSPS) is 13.3. The van der Waals surface area contributed by atoms with E-state index < -0.39 is 17.2 Å². The third kappa shape index (κ3) is 5.39. The van der Waals surface area contributed by atoms with Crippen molar-refractivity contribution in [3.63, 3.8) is 0 Å². The number of aromatic nitrogens is 1. The molecule has 0 aliphatic rings. The number of benzene rings is 2. The number of aryl methyl sites for hydroxylation is 1. The molecule has 6 heteroatoms. The highest BCUT2D eigenvalue weighted by Gasteiger charge is 2.35. The van der Waals surface area contributed by atoms with Crippen molar-refractivity contribution < 1.29 is 18.7 Å². The van der Waals surface area contributed by atoms with E-state index in [0.29, 0.717) is 24.5 Å². The fourth-order valence-corrected chi connectivity index (χ4v) is 3.06. The first-order valence-corrected chi connectivity index (χ1v) is 10.2. The van der Waals surface area contributed by atoms with Gasteiger partial charge in [-0.2, -0.15) is 0 Å². The lowest BCUT2D eigenvalue weighted by Gasteiger charge is -2.30. The molecule has 3 aromatic rings. The van der Waals surface area contributed by atoms with Crippen molar-refractivity contribution in [3.05, 3.63) is 60.0 Å². The molecule has 0 radical (unpaired) electrons. The molecule has 2 aromatic carbocycles. The SMILES string of the molecule is CC(C)(C)OC(=O)C(C)(C)Oc1ccccc1C(N)CCc1nc2ccccc2o1. The smallest absolute Gasteiger partial charge is 0.350 e. The molecule has 0 spiro atoms. The zero-order chi connectivity index (χ0) is 21.9. The minimum atomic E-state index is -1.15. The quantitative estimate of drug-likeness (QED) is 0.554. The second kappa shape index (κ2) is 8.48. The Morgan fingerprint density at radius 3 is 2.43 bits per heavy atom. The lowest BCUT2D eigenvalue weighted by Crippen LogP contribution is -2.43. The van der Waals surface area contributed by atoms with Crippen molar-refractivity contribution in [2.75, 3.05) is 0 Å². The minimum Gasteiger partial charge on any atom is -0.476 e. The molecule has 30 heavy (non-hydrogen) atoms. The number of oxazole rings is 1. The molecule has 6 nitrogen and oxygen atoms in total. The Bertz CT molecular complexity index is 984. The van der Waals surface area contributed by atoms with Gasteiger partial charge in [0.25, 0.3) is 0 Å². The third-order valence-corrected chi connectivity index (χ3v) is 4.58. The molecule has 1 aromatic heterocycles. The van der Waals surface area contributed by atoms with Gasteiger partial charge in [0.2, 0.25) is 0 Å². The molecule has 0 amide bonds. The molecule has 0 saturated heterocycles. The van der Waals surface area contributed by atoms with Gasteiger partial charge in [-0.1, -0.05) is 30.3 Å². The number of hydrogen-bond donors (Lipinski definition) is 1. The summed E-state index contributed by atoms with van der Waals surface area (Å²) in [6, 6.07) is 14.9. The van der Waals surface area contributed by atoms with Gasteiger partial charge in [-0.05, 0) is 59.2 Å². The maximum absolute atomic E-state index is 12.6. The molecule has 1 atom stereocenters. The van der Waals surface area contributed by atoms with Gasteiger partial charge in [-0.3, -0.25) is 0 Å². The van der Waals surface area contributed by atoms with Gasteiger partial charge in [0.1, 0.15) is 16.9 Å². The number of fused-ring (bicyclic) bond motifs is 1. The van der Waals surface area contributed by atoms with Crippen LogP contribution < -0.4 is 10.5 Å². The van der Waals surface area contributed by atoms with Crippen LogP contribution in [0.5, 0.6) is 5.75 Å². The fourth-order valence-electron chi connectivity index (χ4n) is 3.06. The summed E-state index contributed by atoms with van der Waals surface area (Å²) in [5.41, 5.74) is 7.16. The lowest BCUT2D eigenvalue weighted by atomic mass is 10.0. The summed E-state index contributed by atoms with van der Waals surface area (Å²) >= 11 is 0. The Kier molecular flexibility index (Phi) is 6.17. The highest BCUT2D eigenvalue weighted by molar-refractivity contribution is 5.79. The van der Waals surface area contributed by atoms with Crippen LogP contribution in [0.4, 0.5) is 0 Å². The van der Waals surface area contributed by atoms with Crippen molar-refractivity contribution in [2.24, 2.45) is 5.73 Å². The molecule has 1 unspecified atom stereocenters. The molecular formula is C24H30N2O4. The Morgan fingerprint density at radius 1 is 1.07 bits per heavy atom. The van der Waals surface area contributed by atoms with Gasteiger partial charge in [0.15, 0.2) is 17.1 Å². The van der Waals surface area contributed by atoms with Crippen molar-refractivity contribution >= 4 is 17.1 Å². The summed E-state index contributed by atoms with van der Waals surface area (Å²) in [6.45, 7) is 8.88. The van der Waals surface area contributed by atoms with E-state index in [1.165, 1.54) is 0 Å². The van der Waals surface area contributed by atoms with E-state index >= 15 is 0 Å². The second-order valence-corrected chi connectivity index (χ2v) is 8.87.